The zero-order chi connectivity index (χ0) is 23.4. The molecule has 1 amide bonds. The third-order valence-electron chi connectivity index (χ3n) is 6.65. The van der Waals surface area contributed by atoms with E-state index >= 15 is 0 Å². The lowest BCUT2D eigenvalue weighted by Gasteiger charge is -2.28. The Bertz CT molecular complexity index is 1490. The lowest BCUT2D eigenvalue weighted by atomic mass is 10.0. The monoisotopic (exact) mass is 499 g/mol. The third-order valence-corrected chi connectivity index (χ3v) is 7.89. The second kappa shape index (κ2) is 9.04. The number of hydrogen-bond donors (Lipinski definition) is 0. The summed E-state index contributed by atoms with van der Waals surface area (Å²) < 4.78 is 28.0. The number of thiophene rings is 1. The standard InChI is InChI=1S/C23H22FN5O4S.CH4/c1-32-15-3-2-13(17(24)8-15)9-28-22-19(20-25-12-26-29(20)23(28)31)16-4-6-27(10-18(16)34-22)21(30)14-5-7-33-11-14;/h2-3,8,12,14H,4-7,9-11H2,1H3;1H4. The Hall–Kier alpha value is -3.31. The molecule has 2 aliphatic rings. The fraction of sp³-hybridized carbons (Fsp3) is 0.417. The van der Waals surface area contributed by atoms with Crippen molar-refractivity contribution in [3.8, 4) is 5.75 Å². The maximum atomic E-state index is 14.7. The number of halogens is 1. The van der Waals surface area contributed by atoms with Gasteiger partial charge in [-0.15, -0.1) is 11.3 Å². The number of carbonyl (C=O) groups excluding carboxylic acids is 1. The summed E-state index contributed by atoms with van der Waals surface area (Å²) in [6.45, 7) is 2.22. The van der Waals surface area contributed by atoms with Crippen molar-refractivity contribution in [3.63, 3.8) is 0 Å². The van der Waals surface area contributed by atoms with Gasteiger partial charge in [-0.1, -0.05) is 13.5 Å². The smallest absolute Gasteiger partial charge is 0.352 e. The number of ether oxygens (including phenoxy) is 2. The first kappa shape index (κ1) is 23.4. The van der Waals surface area contributed by atoms with Gasteiger partial charge in [0, 0.05) is 29.7 Å². The minimum Gasteiger partial charge on any atom is -0.497 e. The zero-order valence-electron chi connectivity index (χ0n) is 18.5. The van der Waals surface area contributed by atoms with Crippen LogP contribution in [-0.2, 0) is 29.0 Å². The van der Waals surface area contributed by atoms with Gasteiger partial charge in [-0.05, 0) is 24.5 Å². The molecule has 2 aliphatic heterocycles. The van der Waals surface area contributed by atoms with Gasteiger partial charge in [-0.3, -0.25) is 9.36 Å². The van der Waals surface area contributed by atoms with E-state index in [1.165, 1.54) is 35.4 Å². The van der Waals surface area contributed by atoms with Gasteiger partial charge in [0.05, 0.1) is 38.1 Å². The largest absolute Gasteiger partial charge is 0.497 e. The van der Waals surface area contributed by atoms with E-state index in [9.17, 15) is 14.0 Å². The predicted molar refractivity (Wildman–Crippen MR) is 129 cm³/mol. The van der Waals surface area contributed by atoms with Gasteiger partial charge in [-0.2, -0.15) is 9.61 Å². The second-order valence-electron chi connectivity index (χ2n) is 8.58. The van der Waals surface area contributed by atoms with E-state index in [-0.39, 0.29) is 31.5 Å². The molecule has 1 unspecified atom stereocenters. The molecule has 0 N–H and O–H groups in total. The maximum Gasteiger partial charge on any atom is 0.352 e. The molecule has 0 bridgehead atoms. The first-order chi connectivity index (χ1) is 16.5. The highest BCUT2D eigenvalue weighted by atomic mass is 32.1. The average Bonchev–Trinajstić information content (AvgIpc) is 3.61. The molecular formula is C24H26FN5O4S. The Morgan fingerprint density at radius 2 is 2.23 bits per heavy atom. The van der Waals surface area contributed by atoms with Crippen LogP contribution in [0.2, 0.25) is 0 Å². The van der Waals surface area contributed by atoms with Crippen LogP contribution in [0.3, 0.4) is 0 Å². The Labute approximate surface area is 204 Å². The summed E-state index contributed by atoms with van der Waals surface area (Å²) in [6, 6.07) is 4.60. The molecular weight excluding hydrogens is 473 g/mol. The van der Waals surface area contributed by atoms with Gasteiger partial charge in [-0.25, -0.2) is 14.2 Å². The number of aromatic nitrogens is 4. The van der Waals surface area contributed by atoms with E-state index in [4.69, 9.17) is 9.47 Å². The molecule has 184 valence electrons. The summed E-state index contributed by atoms with van der Waals surface area (Å²) in [7, 11) is 1.48. The van der Waals surface area contributed by atoms with Crippen LogP contribution >= 0.6 is 11.3 Å². The Kier molecular flexibility index (Phi) is 6.06. The van der Waals surface area contributed by atoms with Gasteiger partial charge in [0.2, 0.25) is 5.91 Å². The first-order valence-electron chi connectivity index (χ1n) is 11.1. The fourth-order valence-corrected chi connectivity index (χ4v) is 6.18. The summed E-state index contributed by atoms with van der Waals surface area (Å²) >= 11 is 1.46. The first-order valence-corrected chi connectivity index (χ1v) is 11.9. The Balaban J connectivity index is 0.00000253. The van der Waals surface area contributed by atoms with E-state index in [1.54, 1.807) is 16.7 Å². The third kappa shape index (κ3) is 3.79. The van der Waals surface area contributed by atoms with Crippen molar-refractivity contribution in [1.29, 1.82) is 0 Å². The molecule has 0 spiro atoms. The van der Waals surface area contributed by atoms with Crippen LogP contribution in [0.1, 0.15) is 29.9 Å². The summed E-state index contributed by atoms with van der Waals surface area (Å²) in [6.07, 6.45) is 2.77. The molecule has 35 heavy (non-hydrogen) atoms. The Morgan fingerprint density at radius 1 is 1.37 bits per heavy atom. The van der Waals surface area contributed by atoms with Crippen molar-refractivity contribution < 1.29 is 18.7 Å². The molecule has 1 atom stereocenters. The normalized spacial score (nSPS) is 17.5. The summed E-state index contributed by atoms with van der Waals surface area (Å²) in [5.74, 6) is -0.00859. The minimum atomic E-state index is -0.449. The number of nitrogens with zero attached hydrogens (tertiary/aromatic N) is 5. The summed E-state index contributed by atoms with van der Waals surface area (Å²) in [5.41, 5.74) is 1.56. The van der Waals surface area contributed by atoms with Crippen molar-refractivity contribution in [2.24, 2.45) is 5.92 Å². The van der Waals surface area contributed by atoms with Gasteiger partial charge >= 0.3 is 5.69 Å². The van der Waals surface area contributed by atoms with E-state index in [0.717, 1.165) is 22.2 Å². The van der Waals surface area contributed by atoms with Crippen molar-refractivity contribution in [2.75, 3.05) is 26.9 Å². The second-order valence-corrected chi connectivity index (χ2v) is 9.66. The molecule has 5 heterocycles. The highest BCUT2D eigenvalue weighted by Gasteiger charge is 2.32. The van der Waals surface area contributed by atoms with E-state index in [0.29, 0.717) is 54.5 Å². The van der Waals surface area contributed by atoms with Gasteiger partial charge in [0.15, 0.2) is 5.65 Å². The van der Waals surface area contributed by atoms with E-state index in [1.807, 2.05) is 4.90 Å². The van der Waals surface area contributed by atoms with Crippen LogP contribution in [0, 0.1) is 11.7 Å². The average molecular weight is 500 g/mol. The molecule has 3 aromatic heterocycles. The van der Waals surface area contributed by atoms with Crippen LogP contribution in [0.4, 0.5) is 4.39 Å². The van der Waals surface area contributed by atoms with Gasteiger partial charge < -0.3 is 14.4 Å². The number of rotatable bonds is 4. The van der Waals surface area contributed by atoms with Crippen molar-refractivity contribution in [2.45, 2.75) is 33.4 Å². The lowest BCUT2D eigenvalue weighted by Crippen LogP contribution is -2.39. The van der Waals surface area contributed by atoms with Crippen molar-refractivity contribution in [3.05, 3.63) is 56.8 Å². The quantitative estimate of drug-likeness (QED) is 0.429. The van der Waals surface area contributed by atoms with Gasteiger partial charge in [0.25, 0.3) is 0 Å². The number of fused-ring (bicyclic) bond motifs is 5. The molecule has 9 nitrogen and oxygen atoms in total. The summed E-state index contributed by atoms with van der Waals surface area (Å²) in [5, 5.41) is 4.98. The van der Waals surface area contributed by atoms with Crippen molar-refractivity contribution >= 4 is 33.1 Å². The molecule has 0 aliphatic carbocycles. The fourth-order valence-electron chi connectivity index (χ4n) is 4.83. The molecule has 0 saturated carbocycles. The highest BCUT2D eigenvalue weighted by Crippen LogP contribution is 2.37. The van der Waals surface area contributed by atoms with Crippen LogP contribution in [-0.4, -0.2) is 56.8 Å². The van der Waals surface area contributed by atoms with Crippen LogP contribution in [0.15, 0.2) is 29.3 Å². The van der Waals surface area contributed by atoms with E-state index in [2.05, 4.69) is 10.1 Å². The molecule has 1 aromatic carbocycles. The number of benzene rings is 1. The Morgan fingerprint density at radius 3 is 2.97 bits per heavy atom. The molecule has 1 saturated heterocycles. The van der Waals surface area contributed by atoms with Crippen LogP contribution in [0.5, 0.6) is 5.75 Å². The lowest BCUT2D eigenvalue weighted by molar-refractivity contribution is -0.136. The molecule has 11 heteroatoms. The number of hydrogen-bond acceptors (Lipinski definition) is 7. The maximum absolute atomic E-state index is 14.7. The highest BCUT2D eigenvalue weighted by molar-refractivity contribution is 7.19. The number of carbonyl (C=O) groups is 1. The zero-order valence-corrected chi connectivity index (χ0v) is 19.3. The molecule has 6 rings (SSSR count). The predicted octanol–water partition coefficient (Wildman–Crippen LogP) is 2.86. The van der Waals surface area contributed by atoms with Crippen LogP contribution in [0.25, 0.3) is 15.9 Å². The minimum absolute atomic E-state index is 0. The molecule has 0 radical (unpaired) electrons. The topological polar surface area (TPSA) is 91.0 Å². The molecule has 1 fully saturated rings. The number of methoxy groups -OCH3 is 1. The van der Waals surface area contributed by atoms with E-state index < -0.39 is 5.82 Å². The van der Waals surface area contributed by atoms with Crippen LogP contribution < -0.4 is 10.4 Å². The molecule has 4 aromatic rings. The summed E-state index contributed by atoms with van der Waals surface area (Å²) in [4.78, 5) is 34.2. The number of amides is 1. The SMILES string of the molecule is C.COc1ccc(Cn2c(=O)n3ncnc3c3c4c(sc32)CN(C(=O)C2CCOC2)CC4)c(F)c1. The van der Waals surface area contributed by atoms with Gasteiger partial charge in [0.1, 0.15) is 22.7 Å². The van der Waals surface area contributed by atoms with Crippen molar-refractivity contribution in [1.82, 2.24) is 24.1 Å².